The average molecular weight is 217 g/mol. The van der Waals surface area contributed by atoms with Crippen LogP contribution in [0.15, 0.2) is 30.3 Å². The van der Waals surface area contributed by atoms with Gasteiger partial charge >= 0.3 is 0 Å². The highest BCUT2D eigenvalue weighted by Crippen LogP contribution is 2.39. The summed E-state index contributed by atoms with van der Waals surface area (Å²) in [5, 5.41) is 23.2. The first-order valence-electron chi connectivity index (χ1n) is 4.81. The SMILES string of the molecule is CC(=O)Nc1cc2ccccc2c(O)c1O. The number of fused-ring (bicyclic) bond motifs is 1. The Bertz CT molecular complexity index is 563. The van der Waals surface area contributed by atoms with Gasteiger partial charge in [0.25, 0.3) is 0 Å². The molecule has 0 unspecified atom stereocenters. The summed E-state index contributed by atoms with van der Waals surface area (Å²) in [6, 6.07) is 8.68. The molecule has 0 spiro atoms. The van der Waals surface area contributed by atoms with Crippen molar-refractivity contribution in [2.24, 2.45) is 0 Å². The van der Waals surface area contributed by atoms with E-state index in [1.807, 2.05) is 6.07 Å². The molecule has 0 aliphatic heterocycles. The molecule has 0 aromatic heterocycles. The maximum Gasteiger partial charge on any atom is 0.221 e. The molecule has 1 amide bonds. The van der Waals surface area contributed by atoms with Crippen LogP contribution in [0.4, 0.5) is 5.69 Å². The Balaban J connectivity index is 2.68. The summed E-state index contributed by atoms with van der Waals surface area (Å²) in [6.07, 6.45) is 0. The molecule has 0 fully saturated rings. The lowest BCUT2D eigenvalue weighted by molar-refractivity contribution is -0.114. The van der Waals surface area contributed by atoms with Crippen LogP contribution in [0.3, 0.4) is 0 Å². The maximum atomic E-state index is 10.9. The summed E-state index contributed by atoms with van der Waals surface area (Å²) in [5.74, 6) is -0.833. The Morgan fingerprint density at radius 3 is 2.56 bits per heavy atom. The van der Waals surface area contributed by atoms with Crippen molar-refractivity contribution in [2.75, 3.05) is 5.32 Å². The van der Waals surface area contributed by atoms with Crippen LogP contribution in [0.2, 0.25) is 0 Å². The van der Waals surface area contributed by atoms with E-state index in [9.17, 15) is 15.0 Å². The van der Waals surface area contributed by atoms with E-state index >= 15 is 0 Å². The number of anilines is 1. The van der Waals surface area contributed by atoms with E-state index in [0.717, 1.165) is 5.39 Å². The second-order valence-electron chi connectivity index (χ2n) is 3.52. The molecule has 2 aromatic rings. The van der Waals surface area contributed by atoms with Gasteiger partial charge in [-0.2, -0.15) is 0 Å². The third kappa shape index (κ3) is 1.65. The van der Waals surface area contributed by atoms with Crippen molar-refractivity contribution < 1.29 is 15.0 Å². The van der Waals surface area contributed by atoms with Gasteiger partial charge in [0.05, 0.1) is 5.69 Å². The highest BCUT2D eigenvalue weighted by molar-refractivity contribution is 5.99. The van der Waals surface area contributed by atoms with Gasteiger partial charge in [0.1, 0.15) is 0 Å². The first-order chi connectivity index (χ1) is 7.59. The Hall–Kier alpha value is -2.23. The molecule has 4 heteroatoms. The number of hydrogen-bond donors (Lipinski definition) is 3. The standard InChI is InChI=1S/C12H11NO3/c1-7(14)13-10-6-8-4-2-3-5-9(8)11(15)12(10)16/h2-6,15-16H,1H3,(H,13,14). The minimum absolute atomic E-state index is 0.212. The fourth-order valence-corrected chi connectivity index (χ4v) is 1.60. The summed E-state index contributed by atoms with van der Waals surface area (Å²) in [6.45, 7) is 1.34. The Morgan fingerprint density at radius 1 is 1.19 bits per heavy atom. The van der Waals surface area contributed by atoms with Gasteiger partial charge in [-0.3, -0.25) is 4.79 Å². The van der Waals surface area contributed by atoms with Gasteiger partial charge in [-0.25, -0.2) is 0 Å². The summed E-state index contributed by atoms with van der Waals surface area (Å²) < 4.78 is 0. The molecular formula is C12H11NO3. The Kier molecular flexibility index (Phi) is 2.40. The van der Waals surface area contributed by atoms with Crippen LogP contribution in [-0.4, -0.2) is 16.1 Å². The summed E-state index contributed by atoms with van der Waals surface area (Å²) in [4.78, 5) is 10.9. The van der Waals surface area contributed by atoms with Crippen LogP contribution in [0, 0.1) is 0 Å². The summed E-state index contributed by atoms with van der Waals surface area (Å²) >= 11 is 0. The monoisotopic (exact) mass is 217 g/mol. The molecule has 0 saturated carbocycles. The topological polar surface area (TPSA) is 69.6 Å². The van der Waals surface area contributed by atoms with Crippen molar-refractivity contribution in [3.05, 3.63) is 30.3 Å². The van der Waals surface area contributed by atoms with Gasteiger partial charge in [-0.05, 0) is 11.5 Å². The zero-order chi connectivity index (χ0) is 11.7. The largest absolute Gasteiger partial charge is 0.504 e. The number of carbonyl (C=O) groups excluding carboxylic acids is 1. The van der Waals surface area contributed by atoms with E-state index in [2.05, 4.69) is 5.32 Å². The van der Waals surface area contributed by atoms with E-state index in [0.29, 0.717) is 5.39 Å². The van der Waals surface area contributed by atoms with Crippen LogP contribution in [0.5, 0.6) is 11.5 Å². The molecule has 0 aliphatic carbocycles. The van der Waals surface area contributed by atoms with Crippen LogP contribution < -0.4 is 5.32 Å². The second kappa shape index (κ2) is 3.73. The molecule has 0 aliphatic rings. The van der Waals surface area contributed by atoms with E-state index < -0.39 is 0 Å². The zero-order valence-electron chi connectivity index (χ0n) is 8.69. The predicted molar refractivity (Wildman–Crippen MR) is 61.6 cm³/mol. The van der Waals surface area contributed by atoms with Gasteiger partial charge in [0.2, 0.25) is 5.91 Å². The lowest BCUT2D eigenvalue weighted by Gasteiger charge is -2.09. The van der Waals surface area contributed by atoms with Gasteiger partial charge in [-0.15, -0.1) is 0 Å². The molecule has 4 nitrogen and oxygen atoms in total. The first-order valence-corrected chi connectivity index (χ1v) is 4.81. The lowest BCUT2D eigenvalue weighted by atomic mass is 10.1. The predicted octanol–water partition coefficient (Wildman–Crippen LogP) is 2.21. The molecule has 16 heavy (non-hydrogen) atoms. The van der Waals surface area contributed by atoms with Gasteiger partial charge < -0.3 is 15.5 Å². The second-order valence-corrected chi connectivity index (χ2v) is 3.52. The van der Waals surface area contributed by atoms with Crippen molar-refractivity contribution in [1.82, 2.24) is 0 Å². The number of rotatable bonds is 1. The number of amides is 1. The number of hydrogen-bond acceptors (Lipinski definition) is 3. The van der Waals surface area contributed by atoms with E-state index in [1.165, 1.54) is 6.92 Å². The molecule has 0 heterocycles. The van der Waals surface area contributed by atoms with Gasteiger partial charge in [0, 0.05) is 12.3 Å². The Morgan fingerprint density at radius 2 is 1.88 bits per heavy atom. The summed E-state index contributed by atoms with van der Waals surface area (Å²) in [7, 11) is 0. The van der Waals surface area contributed by atoms with Crippen LogP contribution in [-0.2, 0) is 4.79 Å². The molecule has 0 atom stereocenters. The number of phenolic OH excluding ortho intramolecular Hbond substituents is 2. The number of phenols is 2. The highest BCUT2D eigenvalue weighted by Gasteiger charge is 2.11. The molecule has 0 radical (unpaired) electrons. The van der Waals surface area contributed by atoms with E-state index in [-0.39, 0.29) is 23.1 Å². The van der Waals surface area contributed by atoms with Crippen LogP contribution >= 0.6 is 0 Å². The summed E-state index contributed by atoms with van der Waals surface area (Å²) in [5.41, 5.74) is 0.212. The molecular weight excluding hydrogens is 206 g/mol. The smallest absolute Gasteiger partial charge is 0.221 e. The van der Waals surface area contributed by atoms with Crippen LogP contribution in [0.25, 0.3) is 10.8 Å². The van der Waals surface area contributed by atoms with Gasteiger partial charge in [0.15, 0.2) is 11.5 Å². The molecule has 0 saturated heterocycles. The van der Waals surface area contributed by atoms with Crippen molar-refractivity contribution in [1.29, 1.82) is 0 Å². The quantitative estimate of drug-likeness (QED) is 0.641. The normalized spacial score (nSPS) is 10.3. The average Bonchev–Trinajstić information content (AvgIpc) is 2.25. The first kappa shape index (κ1) is 10.3. The van der Waals surface area contributed by atoms with Gasteiger partial charge in [-0.1, -0.05) is 24.3 Å². The number of nitrogens with one attached hydrogen (secondary N) is 1. The van der Waals surface area contributed by atoms with E-state index in [4.69, 9.17) is 0 Å². The highest BCUT2D eigenvalue weighted by atomic mass is 16.3. The molecule has 2 rings (SSSR count). The minimum atomic E-state index is -0.311. The zero-order valence-corrected chi connectivity index (χ0v) is 8.69. The fraction of sp³-hybridized carbons (Fsp3) is 0.0833. The minimum Gasteiger partial charge on any atom is -0.504 e. The lowest BCUT2D eigenvalue weighted by Crippen LogP contribution is -2.05. The van der Waals surface area contributed by atoms with Crippen LogP contribution in [0.1, 0.15) is 6.92 Å². The maximum absolute atomic E-state index is 10.9. The van der Waals surface area contributed by atoms with Crippen molar-refractivity contribution in [3.63, 3.8) is 0 Å². The third-order valence-corrected chi connectivity index (χ3v) is 2.31. The number of aromatic hydroxyl groups is 2. The number of carbonyl (C=O) groups is 1. The van der Waals surface area contributed by atoms with Crippen molar-refractivity contribution in [2.45, 2.75) is 6.92 Å². The third-order valence-electron chi connectivity index (χ3n) is 2.31. The molecule has 2 aromatic carbocycles. The molecule has 82 valence electrons. The molecule has 0 bridgehead atoms. The van der Waals surface area contributed by atoms with Crippen molar-refractivity contribution in [3.8, 4) is 11.5 Å². The van der Waals surface area contributed by atoms with Crippen molar-refractivity contribution >= 4 is 22.4 Å². The molecule has 3 N–H and O–H groups in total. The number of benzene rings is 2. The fourth-order valence-electron chi connectivity index (χ4n) is 1.60. The Labute approximate surface area is 92.1 Å². The van der Waals surface area contributed by atoms with E-state index in [1.54, 1.807) is 24.3 Å².